The molecular formula is C22H32NO6-. The Kier molecular flexibility index (Phi) is 10.8. The van der Waals surface area contributed by atoms with E-state index in [0.29, 0.717) is 36.7 Å². The van der Waals surface area contributed by atoms with Gasteiger partial charge in [0.15, 0.2) is 17.3 Å². The first-order chi connectivity index (χ1) is 13.8. The number of benzene rings is 1. The zero-order valence-electron chi connectivity index (χ0n) is 17.8. The summed E-state index contributed by atoms with van der Waals surface area (Å²) >= 11 is 0. The number of ether oxygens (including phenoxy) is 2. The Hall–Kier alpha value is -2.57. The molecule has 0 fully saturated rings. The van der Waals surface area contributed by atoms with Gasteiger partial charge in [0.1, 0.15) is 0 Å². The van der Waals surface area contributed by atoms with Crippen LogP contribution in [0.3, 0.4) is 0 Å². The van der Waals surface area contributed by atoms with E-state index in [1.807, 2.05) is 20.8 Å². The van der Waals surface area contributed by atoms with Gasteiger partial charge in [-0.25, -0.2) is 0 Å². The molecule has 7 nitrogen and oxygen atoms in total. The Morgan fingerprint density at radius 2 is 1.62 bits per heavy atom. The van der Waals surface area contributed by atoms with Crippen molar-refractivity contribution in [3.8, 4) is 11.5 Å². The van der Waals surface area contributed by atoms with Crippen molar-refractivity contribution in [2.45, 2.75) is 65.8 Å². The van der Waals surface area contributed by atoms with Crippen molar-refractivity contribution in [2.24, 2.45) is 5.92 Å². The SMILES string of the molecule is CCCOc1ccc(C(=O)CCC(=O)N[C@@H](C(=O)[O-])[C@H](C)CC)cc1OCCC. The first-order valence-corrected chi connectivity index (χ1v) is 10.3. The minimum absolute atomic E-state index is 0.0332. The van der Waals surface area contributed by atoms with Crippen LogP contribution in [0.15, 0.2) is 18.2 Å². The Morgan fingerprint density at radius 1 is 1.00 bits per heavy atom. The summed E-state index contributed by atoms with van der Waals surface area (Å²) in [6, 6.07) is 3.91. The second-order valence-electron chi connectivity index (χ2n) is 7.03. The third-order valence-electron chi connectivity index (χ3n) is 4.55. The van der Waals surface area contributed by atoms with E-state index in [9.17, 15) is 19.5 Å². The highest BCUT2D eigenvalue weighted by Crippen LogP contribution is 2.29. The number of carbonyl (C=O) groups is 3. The molecule has 1 N–H and O–H groups in total. The van der Waals surface area contributed by atoms with Gasteiger partial charge in [-0.05, 0) is 37.0 Å². The number of ketones is 1. The van der Waals surface area contributed by atoms with Crippen molar-refractivity contribution >= 4 is 17.7 Å². The average molecular weight is 406 g/mol. The van der Waals surface area contributed by atoms with E-state index in [1.54, 1.807) is 25.1 Å². The second-order valence-corrected chi connectivity index (χ2v) is 7.03. The van der Waals surface area contributed by atoms with Crippen LogP contribution < -0.4 is 19.9 Å². The maximum atomic E-state index is 12.5. The lowest BCUT2D eigenvalue weighted by Gasteiger charge is -2.25. The third-order valence-corrected chi connectivity index (χ3v) is 4.55. The van der Waals surface area contributed by atoms with Gasteiger partial charge in [0.05, 0.1) is 25.2 Å². The summed E-state index contributed by atoms with van der Waals surface area (Å²) in [5.74, 6) is -1.20. The topological polar surface area (TPSA) is 105 Å². The third kappa shape index (κ3) is 8.13. The van der Waals surface area contributed by atoms with Crippen molar-refractivity contribution in [1.29, 1.82) is 0 Å². The maximum absolute atomic E-state index is 12.5. The van der Waals surface area contributed by atoms with Crippen molar-refractivity contribution < 1.29 is 29.0 Å². The molecule has 0 spiro atoms. The molecule has 0 heterocycles. The zero-order chi connectivity index (χ0) is 21.8. The van der Waals surface area contributed by atoms with E-state index in [-0.39, 0.29) is 24.5 Å². The molecule has 0 saturated heterocycles. The molecule has 7 heteroatoms. The Bertz CT molecular complexity index is 688. The lowest BCUT2D eigenvalue weighted by molar-refractivity contribution is -0.309. The largest absolute Gasteiger partial charge is 0.548 e. The summed E-state index contributed by atoms with van der Waals surface area (Å²) in [6.45, 7) is 8.60. The molecule has 0 unspecified atom stereocenters. The summed E-state index contributed by atoms with van der Waals surface area (Å²) in [6.07, 6.45) is 2.13. The van der Waals surface area contributed by atoms with Crippen LogP contribution in [0.5, 0.6) is 11.5 Å². The van der Waals surface area contributed by atoms with Crippen LogP contribution in [0.25, 0.3) is 0 Å². The van der Waals surface area contributed by atoms with E-state index in [0.717, 1.165) is 12.8 Å². The smallest absolute Gasteiger partial charge is 0.220 e. The minimum atomic E-state index is -1.32. The molecular weight excluding hydrogens is 374 g/mol. The quantitative estimate of drug-likeness (QED) is 0.476. The lowest BCUT2D eigenvalue weighted by Crippen LogP contribution is -2.51. The van der Waals surface area contributed by atoms with Crippen LogP contribution in [0.4, 0.5) is 0 Å². The molecule has 0 aromatic heterocycles. The number of nitrogens with one attached hydrogen (secondary N) is 1. The number of rotatable bonds is 14. The highest BCUT2D eigenvalue weighted by Gasteiger charge is 2.20. The van der Waals surface area contributed by atoms with Crippen molar-refractivity contribution in [1.82, 2.24) is 5.32 Å². The number of hydrogen-bond donors (Lipinski definition) is 1. The van der Waals surface area contributed by atoms with E-state index in [1.165, 1.54) is 0 Å². The fraction of sp³-hybridized carbons (Fsp3) is 0.591. The number of carbonyl (C=O) groups excluding carboxylic acids is 3. The molecule has 0 bridgehead atoms. The van der Waals surface area contributed by atoms with Gasteiger partial charge in [-0.15, -0.1) is 0 Å². The van der Waals surface area contributed by atoms with Crippen molar-refractivity contribution in [2.75, 3.05) is 13.2 Å². The number of carboxylic acids is 1. The first kappa shape index (κ1) is 24.5. The Balaban J connectivity index is 2.75. The van der Waals surface area contributed by atoms with Crippen molar-refractivity contribution in [3.63, 3.8) is 0 Å². The van der Waals surface area contributed by atoms with Crippen LogP contribution in [-0.2, 0) is 9.59 Å². The molecule has 162 valence electrons. The maximum Gasteiger partial charge on any atom is 0.220 e. The molecule has 1 rings (SSSR count). The monoisotopic (exact) mass is 406 g/mol. The molecule has 1 aromatic carbocycles. The minimum Gasteiger partial charge on any atom is -0.548 e. The Morgan fingerprint density at radius 3 is 2.17 bits per heavy atom. The number of aliphatic carboxylic acids is 1. The number of hydrogen-bond acceptors (Lipinski definition) is 6. The predicted molar refractivity (Wildman–Crippen MR) is 108 cm³/mol. The van der Waals surface area contributed by atoms with Crippen LogP contribution >= 0.6 is 0 Å². The normalized spacial score (nSPS) is 12.7. The summed E-state index contributed by atoms with van der Waals surface area (Å²) in [7, 11) is 0. The van der Waals surface area contributed by atoms with Gasteiger partial charge in [0.2, 0.25) is 5.91 Å². The van der Waals surface area contributed by atoms with Gasteiger partial charge in [-0.1, -0.05) is 34.1 Å². The molecule has 2 atom stereocenters. The van der Waals surface area contributed by atoms with E-state index in [4.69, 9.17) is 9.47 Å². The molecule has 0 aliphatic heterocycles. The fourth-order valence-corrected chi connectivity index (χ4v) is 2.62. The van der Waals surface area contributed by atoms with E-state index in [2.05, 4.69) is 5.32 Å². The highest BCUT2D eigenvalue weighted by atomic mass is 16.5. The van der Waals surface area contributed by atoms with E-state index >= 15 is 0 Å². The molecule has 1 aromatic rings. The Labute approximate surface area is 172 Å². The number of carboxylic acid groups (broad SMARTS) is 1. The van der Waals surface area contributed by atoms with Gasteiger partial charge >= 0.3 is 0 Å². The molecule has 0 aliphatic rings. The second kappa shape index (κ2) is 12.8. The van der Waals surface area contributed by atoms with Crippen LogP contribution in [0.1, 0.15) is 70.2 Å². The summed E-state index contributed by atoms with van der Waals surface area (Å²) < 4.78 is 11.3. The van der Waals surface area contributed by atoms with Crippen molar-refractivity contribution in [3.05, 3.63) is 23.8 Å². The number of Topliss-reactive ketones (excluding diaryl/α,β-unsaturated/α-hetero) is 1. The van der Waals surface area contributed by atoms with Gasteiger partial charge in [0.25, 0.3) is 0 Å². The summed E-state index contributed by atoms with van der Waals surface area (Å²) in [5.41, 5.74) is 0.422. The molecule has 29 heavy (non-hydrogen) atoms. The first-order valence-electron chi connectivity index (χ1n) is 10.3. The lowest BCUT2D eigenvalue weighted by atomic mass is 9.99. The molecule has 0 saturated carbocycles. The number of amides is 1. The van der Waals surface area contributed by atoms with Gasteiger partial charge in [-0.3, -0.25) is 9.59 Å². The summed E-state index contributed by atoms with van der Waals surface area (Å²) in [5, 5.41) is 13.7. The van der Waals surface area contributed by atoms with Crippen LogP contribution in [0, 0.1) is 5.92 Å². The molecule has 1 amide bonds. The van der Waals surface area contributed by atoms with Crippen LogP contribution in [-0.4, -0.2) is 36.9 Å². The fourth-order valence-electron chi connectivity index (χ4n) is 2.62. The van der Waals surface area contributed by atoms with Crippen LogP contribution in [0.2, 0.25) is 0 Å². The van der Waals surface area contributed by atoms with Gasteiger partial charge in [-0.2, -0.15) is 0 Å². The zero-order valence-corrected chi connectivity index (χ0v) is 17.8. The molecule has 0 radical (unpaired) electrons. The summed E-state index contributed by atoms with van der Waals surface area (Å²) in [4.78, 5) is 35.8. The molecule has 0 aliphatic carbocycles. The predicted octanol–water partition coefficient (Wildman–Crippen LogP) is 2.51. The average Bonchev–Trinajstić information content (AvgIpc) is 2.72. The van der Waals surface area contributed by atoms with E-state index < -0.39 is 17.9 Å². The van der Waals surface area contributed by atoms with Gasteiger partial charge in [0, 0.05) is 18.4 Å². The highest BCUT2D eigenvalue weighted by molar-refractivity contribution is 5.98. The van der Waals surface area contributed by atoms with Gasteiger partial charge < -0.3 is 24.7 Å². The standard InChI is InChI=1S/C22H33NO6/c1-5-12-28-18-10-8-16(14-19(18)29-13-6-2)17(24)9-11-20(25)23-21(22(26)27)15(4)7-3/h8,10,14-15,21H,5-7,9,11-13H2,1-4H3,(H,23,25)(H,26,27)/p-1/t15-,21-/m1/s1.